The molecule has 40 heavy (non-hydrogen) atoms. The summed E-state index contributed by atoms with van der Waals surface area (Å²) in [5, 5.41) is 28.6. The van der Waals surface area contributed by atoms with Gasteiger partial charge in [-0.15, -0.1) is 0 Å². The normalized spacial score (nSPS) is 26.8. The van der Waals surface area contributed by atoms with Gasteiger partial charge in [-0.3, -0.25) is 4.79 Å². The topological polar surface area (TPSA) is 77.8 Å². The Balaban J connectivity index is 0.000000220. The number of carboxylic acids is 1. The molecule has 0 aromatic heterocycles. The number of aryl methyl sites for hydroxylation is 1. The number of carboxylic acid groups (broad SMARTS) is 1. The highest BCUT2D eigenvalue weighted by molar-refractivity contribution is 5.66. The van der Waals surface area contributed by atoms with Gasteiger partial charge in [0.1, 0.15) is 5.75 Å². The molecule has 228 valence electrons. The third kappa shape index (κ3) is 9.78. The maximum Gasteiger partial charge on any atom is 0.303 e. The van der Waals surface area contributed by atoms with Crippen LogP contribution in [0.25, 0.3) is 0 Å². The molecule has 4 nitrogen and oxygen atoms in total. The zero-order valence-electron chi connectivity index (χ0n) is 25.8. The monoisotopic (exact) mass is 556 g/mol. The summed E-state index contributed by atoms with van der Waals surface area (Å²) in [5.74, 6) is 1.84. The summed E-state index contributed by atoms with van der Waals surface area (Å²) in [4.78, 5) is 10.3. The van der Waals surface area contributed by atoms with Crippen LogP contribution in [0.15, 0.2) is 18.2 Å². The number of phenols is 1. The minimum atomic E-state index is -0.653. The SMILES string of the molecule is CCCCCCCCCCCCCCCCCC(=O)O.C[C@]12CC[C@@H]3c4ccc(O)cc4CC[C@H]3[C@@H]1CC[C@@H]2O. The van der Waals surface area contributed by atoms with Gasteiger partial charge in [-0.2, -0.15) is 0 Å². The molecular weight excluding hydrogens is 496 g/mol. The zero-order chi connectivity index (χ0) is 28.8. The molecule has 0 saturated heterocycles. The number of unbranched alkanes of at least 4 members (excludes halogenated alkanes) is 14. The summed E-state index contributed by atoms with van der Waals surface area (Å²) in [7, 11) is 0. The summed E-state index contributed by atoms with van der Waals surface area (Å²) in [6.45, 7) is 4.59. The van der Waals surface area contributed by atoms with E-state index < -0.39 is 5.97 Å². The van der Waals surface area contributed by atoms with Crippen LogP contribution in [0.3, 0.4) is 0 Å². The van der Waals surface area contributed by atoms with E-state index in [1.807, 2.05) is 12.1 Å². The summed E-state index contributed by atoms with van der Waals surface area (Å²) >= 11 is 0. The predicted octanol–water partition coefficient (Wildman–Crippen LogP) is 9.94. The first-order valence-corrected chi connectivity index (χ1v) is 17.1. The van der Waals surface area contributed by atoms with Crippen LogP contribution >= 0.6 is 0 Å². The van der Waals surface area contributed by atoms with Crippen LogP contribution < -0.4 is 0 Å². The molecule has 0 amide bonds. The molecule has 0 spiro atoms. The van der Waals surface area contributed by atoms with Gasteiger partial charge in [-0.25, -0.2) is 0 Å². The molecule has 4 heteroatoms. The fraction of sp³-hybridized carbons (Fsp3) is 0.806. The molecule has 3 aliphatic rings. The highest BCUT2D eigenvalue weighted by atomic mass is 16.4. The average Bonchev–Trinajstić information content (AvgIpc) is 3.25. The van der Waals surface area contributed by atoms with Gasteiger partial charge in [-0.05, 0) is 91.4 Å². The van der Waals surface area contributed by atoms with Gasteiger partial charge in [0.05, 0.1) is 6.10 Å². The zero-order valence-corrected chi connectivity index (χ0v) is 25.8. The Labute approximate surface area is 245 Å². The molecule has 4 rings (SSSR count). The second kappa shape index (κ2) is 17.4. The minimum absolute atomic E-state index is 0.0883. The largest absolute Gasteiger partial charge is 0.508 e. The van der Waals surface area contributed by atoms with Gasteiger partial charge in [0, 0.05) is 6.42 Å². The van der Waals surface area contributed by atoms with Crippen LogP contribution in [0.4, 0.5) is 0 Å². The lowest BCUT2D eigenvalue weighted by atomic mass is 9.55. The number of hydrogen-bond acceptors (Lipinski definition) is 3. The Morgan fingerprint density at radius 2 is 1.40 bits per heavy atom. The molecular formula is C36H60O4. The molecule has 3 aliphatic carbocycles. The van der Waals surface area contributed by atoms with Gasteiger partial charge < -0.3 is 15.3 Å². The van der Waals surface area contributed by atoms with Gasteiger partial charge in [-0.1, -0.05) is 110 Å². The van der Waals surface area contributed by atoms with Crippen molar-refractivity contribution in [2.75, 3.05) is 0 Å². The lowest BCUT2D eigenvalue weighted by molar-refractivity contribution is -0.137. The van der Waals surface area contributed by atoms with Crippen molar-refractivity contribution >= 4 is 5.97 Å². The second-order valence-corrected chi connectivity index (χ2v) is 13.5. The van der Waals surface area contributed by atoms with E-state index in [4.69, 9.17) is 5.11 Å². The first kappa shape index (κ1) is 33.0. The third-order valence-corrected chi connectivity index (χ3v) is 10.7. The van der Waals surface area contributed by atoms with Crippen LogP contribution in [0, 0.1) is 17.3 Å². The third-order valence-electron chi connectivity index (χ3n) is 10.7. The molecule has 1 aromatic rings. The highest BCUT2D eigenvalue weighted by Crippen LogP contribution is 2.60. The Kier molecular flexibility index (Phi) is 14.4. The van der Waals surface area contributed by atoms with Crippen molar-refractivity contribution < 1.29 is 20.1 Å². The second-order valence-electron chi connectivity index (χ2n) is 13.5. The van der Waals surface area contributed by atoms with E-state index >= 15 is 0 Å². The molecule has 0 aliphatic heterocycles. The van der Waals surface area contributed by atoms with Gasteiger partial charge in [0.2, 0.25) is 0 Å². The van der Waals surface area contributed by atoms with Gasteiger partial charge in [0.15, 0.2) is 0 Å². The van der Waals surface area contributed by atoms with E-state index in [9.17, 15) is 15.0 Å². The quantitative estimate of drug-likeness (QED) is 0.177. The van der Waals surface area contributed by atoms with Gasteiger partial charge >= 0.3 is 5.97 Å². The number of aliphatic hydroxyl groups is 1. The Bertz CT molecular complexity index is 866. The van der Waals surface area contributed by atoms with Crippen molar-refractivity contribution in [3.05, 3.63) is 29.3 Å². The van der Waals surface area contributed by atoms with Crippen molar-refractivity contribution in [1.82, 2.24) is 0 Å². The van der Waals surface area contributed by atoms with E-state index in [-0.39, 0.29) is 11.5 Å². The van der Waals surface area contributed by atoms with E-state index in [1.165, 1.54) is 114 Å². The van der Waals surface area contributed by atoms with Crippen LogP contribution in [-0.2, 0) is 11.2 Å². The van der Waals surface area contributed by atoms with E-state index in [1.54, 1.807) is 0 Å². The highest BCUT2D eigenvalue weighted by Gasteiger charge is 2.54. The Morgan fingerprint density at radius 3 is 1.98 bits per heavy atom. The molecule has 0 bridgehead atoms. The molecule has 0 radical (unpaired) electrons. The first-order chi connectivity index (χ1) is 19.4. The van der Waals surface area contributed by atoms with Gasteiger partial charge in [0.25, 0.3) is 0 Å². The summed E-state index contributed by atoms with van der Waals surface area (Å²) in [6, 6.07) is 5.96. The van der Waals surface area contributed by atoms with Crippen molar-refractivity contribution in [2.45, 2.75) is 167 Å². The molecule has 1 aromatic carbocycles. The number of carbonyl (C=O) groups is 1. The number of phenolic OH excluding ortho intramolecular Hbond substituents is 1. The number of hydrogen-bond donors (Lipinski definition) is 3. The lowest BCUT2D eigenvalue weighted by Crippen LogP contribution is -2.43. The van der Waals surface area contributed by atoms with E-state index in [2.05, 4.69) is 19.9 Å². The lowest BCUT2D eigenvalue weighted by Gasteiger charge is -2.50. The van der Waals surface area contributed by atoms with Crippen LogP contribution in [0.1, 0.15) is 166 Å². The van der Waals surface area contributed by atoms with E-state index in [0.29, 0.717) is 24.0 Å². The number of aliphatic hydroxyl groups excluding tert-OH is 1. The van der Waals surface area contributed by atoms with Crippen molar-refractivity contribution in [3.63, 3.8) is 0 Å². The maximum absolute atomic E-state index is 10.4. The fourth-order valence-electron chi connectivity index (χ4n) is 8.19. The molecule has 2 fully saturated rings. The summed E-state index contributed by atoms with van der Waals surface area (Å²) in [6.07, 6.45) is 27.0. The Morgan fingerprint density at radius 1 is 0.825 bits per heavy atom. The van der Waals surface area contributed by atoms with Crippen molar-refractivity contribution in [2.24, 2.45) is 17.3 Å². The predicted molar refractivity (Wildman–Crippen MR) is 166 cm³/mol. The Hall–Kier alpha value is -1.55. The summed E-state index contributed by atoms with van der Waals surface area (Å²) in [5.41, 5.74) is 2.99. The van der Waals surface area contributed by atoms with E-state index in [0.717, 1.165) is 38.0 Å². The van der Waals surface area contributed by atoms with Crippen LogP contribution in [0.5, 0.6) is 5.75 Å². The molecule has 5 atom stereocenters. The van der Waals surface area contributed by atoms with Crippen molar-refractivity contribution in [1.29, 1.82) is 0 Å². The first-order valence-electron chi connectivity index (χ1n) is 17.1. The summed E-state index contributed by atoms with van der Waals surface area (Å²) < 4.78 is 0. The number of benzene rings is 1. The number of fused-ring (bicyclic) bond motifs is 5. The van der Waals surface area contributed by atoms with Crippen LogP contribution in [-0.4, -0.2) is 27.4 Å². The standard InChI is InChI=1S/C18H24O2.C18H36O2/c1-18-9-8-14-13-5-3-12(19)10-11(13)2-4-15(14)16(18)6-7-17(18)20;1-2-3-4-5-6-7-8-9-10-11-12-13-14-15-16-17-18(19)20/h3,5,10,14-17,19-20H,2,4,6-9H2,1H3;2-17H2,1H3,(H,19,20)/t14-,15-,16+,17+,18+;/m1./s1. The van der Waals surface area contributed by atoms with Crippen molar-refractivity contribution in [3.8, 4) is 5.75 Å². The maximum atomic E-state index is 10.4. The molecule has 3 N–H and O–H groups in total. The molecule has 0 unspecified atom stereocenters. The number of aliphatic carboxylic acids is 1. The smallest absolute Gasteiger partial charge is 0.303 e. The fourth-order valence-corrected chi connectivity index (χ4v) is 8.19. The number of rotatable bonds is 16. The molecule has 0 heterocycles. The number of aromatic hydroxyl groups is 1. The minimum Gasteiger partial charge on any atom is -0.508 e. The average molecular weight is 557 g/mol. The molecule has 2 saturated carbocycles. The van der Waals surface area contributed by atoms with Crippen LogP contribution in [0.2, 0.25) is 0 Å².